The van der Waals surface area contributed by atoms with Gasteiger partial charge in [-0.05, 0) is 32.9 Å². The molecule has 0 aromatic carbocycles. The van der Waals surface area contributed by atoms with E-state index in [1.54, 1.807) is 0 Å². The Kier molecular flexibility index (Phi) is 5.77. The highest BCUT2D eigenvalue weighted by Gasteiger charge is 2.28. The predicted molar refractivity (Wildman–Crippen MR) is 62.1 cm³/mol. The molecule has 0 bridgehead atoms. The van der Waals surface area contributed by atoms with Crippen LogP contribution in [0.2, 0.25) is 0 Å². The number of aliphatic hydroxyl groups is 1. The van der Waals surface area contributed by atoms with E-state index in [4.69, 9.17) is 4.74 Å². The lowest BCUT2D eigenvalue weighted by molar-refractivity contribution is -0.157. The first-order chi connectivity index (χ1) is 7.61. The molecule has 0 heterocycles. The number of rotatable bonds is 5. The Morgan fingerprint density at radius 2 is 2.00 bits per heavy atom. The van der Waals surface area contributed by atoms with E-state index < -0.39 is 12.1 Å². The number of carbonyl (C=O) groups excluding carboxylic acids is 1. The van der Waals surface area contributed by atoms with Crippen molar-refractivity contribution < 1.29 is 14.6 Å². The van der Waals surface area contributed by atoms with Gasteiger partial charge in [-0.3, -0.25) is 0 Å². The molecule has 16 heavy (non-hydrogen) atoms. The molecule has 0 aliphatic heterocycles. The number of nitrogens with zero attached hydrogens (tertiary/aromatic N) is 1. The van der Waals surface area contributed by atoms with E-state index in [1.165, 1.54) is 6.42 Å². The molecule has 0 amide bonds. The highest BCUT2D eigenvalue weighted by atomic mass is 16.5. The van der Waals surface area contributed by atoms with Crippen LogP contribution in [0.15, 0.2) is 0 Å². The third-order valence-electron chi connectivity index (χ3n) is 3.12. The Hall–Kier alpha value is -0.610. The number of hydrogen-bond acceptors (Lipinski definition) is 4. The van der Waals surface area contributed by atoms with E-state index in [0.29, 0.717) is 13.2 Å². The van der Waals surface area contributed by atoms with Gasteiger partial charge in [0, 0.05) is 6.54 Å². The van der Waals surface area contributed by atoms with Gasteiger partial charge in [0.1, 0.15) is 6.61 Å². The number of esters is 1. The van der Waals surface area contributed by atoms with Crippen molar-refractivity contribution in [2.45, 2.75) is 38.2 Å². The molecule has 0 aromatic heterocycles. The molecule has 1 aliphatic carbocycles. The first-order valence-electron chi connectivity index (χ1n) is 6.10. The first-order valence-corrected chi connectivity index (χ1v) is 6.10. The van der Waals surface area contributed by atoms with Gasteiger partial charge in [0.25, 0.3) is 0 Å². The number of aliphatic hydroxyl groups excluding tert-OH is 1. The van der Waals surface area contributed by atoms with Crippen molar-refractivity contribution in [3.05, 3.63) is 0 Å². The smallest absolute Gasteiger partial charge is 0.335 e. The van der Waals surface area contributed by atoms with Crippen molar-refractivity contribution in [2.24, 2.45) is 5.92 Å². The molecule has 1 N–H and O–H groups in total. The molecule has 94 valence electrons. The van der Waals surface area contributed by atoms with E-state index in [9.17, 15) is 9.90 Å². The zero-order valence-electron chi connectivity index (χ0n) is 10.3. The first kappa shape index (κ1) is 13.5. The molecule has 0 spiro atoms. The average molecular weight is 229 g/mol. The Labute approximate surface area is 97.6 Å². The lowest BCUT2D eigenvalue weighted by Crippen LogP contribution is -2.34. The summed E-state index contributed by atoms with van der Waals surface area (Å²) in [5.74, 6) is -0.339. The molecule has 1 atom stereocenters. The summed E-state index contributed by atoms with van der Waals surface area (Å²) in [5, 5.41) is 9.82. The van der Waals surface area contributed by atoms with Crippen LogP contribution in [0.1, 0.15) is 32.1 Å². The SMILES string of the molecule is CN(C)CCOC(=O)[C@H](O)C1CCCCC1. The maximum atomic E-state index is 11.5. The van der Waals surface area contributed by atoms with Crippen molar-refractivity contribution in [2.75, 3.05) is 27.2 Å². The van der Waals surface area contributed by atoms with Gasteiger partial charge in [-0.15, -0.1) is 0 Å². The minimum Gasteiger partial charge on any atom is -0.462 e. The normalized spacial score (nSPS) is 19.8. The summed E-state index contributed by atoms with van der Waals surface area (Å²) >= 11 is 0. The molecule has 1 rings (SSSR count). The Morgan fingerprint density at radius 1 is 1.38 bits per heavy atom. The third kappa shape index (κ3) is 4.49. The Morgan fingerprint density at radius 3 is 2.56 bits per heavy atom. The standard InChI is InChI=1S/C12H23NO3/c1-13(2)8-9-16-12(15)11(14)10-6-4-3-5-7-10/h10-11,14H,3-9H2,1-2H3/t11-/m1/s1. The lowest BCUT2D eigenvalue weighted by Gasteiger charge is -2.25. The molecule has 1 fully saturated rings. The van der Waals surface area contributed by atoms with E-state index in [1.807, 2.05) is 19.0 Å². The Balaban J connectivity index is 2.23. The second-order valence-corrected chi connectivity index (χ2v) is 4.81. The second-order valence-electron chi connectivity index (χ2n) is 4.81. The maximum absolute atomic E-state index is 11.5. The molecule has 0 aromatic rings. The molecule has 1 saturated carbocycles. The van der Waals surface area contributed by atoms with E-state index in [-0.39, 0.29) is 5.92 Å². The highest BCUT2D eigenvalue weighted by molar-refractivity contribution is 5.74. The van der Waals surface area contributed by atoms with Gasteiger partial charge in [0.2, 0.25) is 0 Å². The number of ether oxygens (including phenoxy) is 1. The van der Waals surface area contributed by atoms with Crippen LogP contribution in [0.4, 0.5) is 0 Å². The van der Waals surface area contributed by atoms with Crippen molar-refractivity contribution in [1.29, 1.82) is 0 Å². The van der Waals surface area contributed by atoms with Crippen LogP contribution in [0.25, 0.3) is 0 Å². The summed E-state index contributed by atoms with van der Waals surface area (Å²) < 4.78 is 5.04. The Bertz CT molecular complexity index is 212. The monoisotopic (exact) mass is 229 g/mol. The van der Waals surface area contributed by atoms with Gasteiger partial charge in [-0.2, -0.15) is 0 Å². The highest BCUT2D eigenvalue weighted by Crippen LogP contribution is 2.26. The average Bonchev–Trinajstić information content (AvgIpc) is 2.28. The van der Waals surface area contributed by atoms with Gasteiger partial charge >= 0.3 is 5.97 Å². The van der Waals surface area contributed by atoms with Crippen LogP contribution in [0, 0.1) is 5.92 Å². The van der Waals surface area contributed by atoms with Crippen LogP contribution in [0.5, 0.6) is 0 Å². The fourth-order valence-electron chi connectivity index (χ4n) is 2.06. The van der Waals surface area contributed by atoms with Gasteiger partial charge < -0.3 is 14.7 Å². The minimum absolute atomic E-state index is 0.112. The van der Waals surface area contributed by atoms with Gasteiger partial charge in [-0.25, -0.2) is 4.79 Å². The van der Waals surface area contributed by atoms with Crippen molar-refractivity contribution in [3.63, 3.8) is 0 Å². The van der Waals surface area contributed by atoms with E-state index in [2.05, 4.69) is 0 Å². The number of hydrogen-bond donors (Lipinski definition) is 1. The summed E-state index contributed by atoms with van der Waals surface area (Å²) in [6, 6.07) is 0. The van der Waals surface area contributed by atoms with E-state index >= 15 is 0 Å². The summed E-state index contributed by atoms with van der Waals surface area (Å²) in [7, 11) is 3.84. The quantitative estimate of drug-likeness (QED) is 0.715. The predicted octanol–water partition coefficient (Wildman–Crippen LogP) is 1.03. The van der Waals surface area contributed by atoms with Crippen molar-refractivity contribution in [3.8, 4) is 0 Å². The summed E-state index contributed by atoms with van der Waals surface area (Å²) in [5.41, 5.74) is 0. The maximum Gasteiger partial charge on any atom is 0.335 e. The van der Waals surface area contributed by atoms with Crippen LogP contribution < -0.4 is 0 Å². The fourth-order valence-corrected chi connectivity index (χ4v) is 2.06. The van der Waals surface area contributed by atoms with Crippen LogP contribution in [-0.4, -0.2) is 49.3 Å². The fraction of sp³-hybridized carbons (Fsp3) is 0.917. The molecule has 0 saturated heterocycles. The molecule has 4 heteroatoms. The van der Waals surface area contributed by atoms with Crippen molar-refractivity contribution >= 4 is 5.97 Å². The molecular weight excluding hydrogens is 206 g/mol. The van der Waals surface area contributed by atoms with Gasteiger partial charge in [0.15, 0.2) is 6.10 Å². The van der Waals surface area contributed by atoms with E-state index in [0.717, 1.165) is 25.7 Å². The zero-order chi connectivity index (χ0) is 12.0. The number of carbonyl (C=O) groups is 1. The van der Waals surface area contributed by atoms with Crippen LogP contribution in [-0.2, 0) is 9.53 Å². The summed E-state index contributed by atoms with van der Waals surface area (Å²) in [4.78, 5) is 13.5. The van der Waals surface area contributed by atoms with Gasteiger partial charge in [0.05, 0.1) is 0 Å². The lowest BCUT2D eigenvalue weighted by atomic mass is 9.85. The number of likely N-dealkylation sites (N-methyl/N-ethyl adjacent to an activating group) is 1. The molecular formula is C12H23NO3. The third-order valence-corrected chi connectivity index (χ3v) is 3.12. The van der Waals surface area contributed by atoms with Crippen LogP contribution in [0.3, 0.4) is 0 Å². The zero-order valence-corrected chi connectivity index (χ0v) is 10.3. The molecule has 0 radical (unpaired) electrons. The summed E-state index contributed by atoms with van der Waals surface area (Å²) in [6.45, 7) is 1.05. The largest absolute Gasteiger partial charge is 0.462 e. The summed E-state index contributed by atoms with van der Waals surface area (Å²) in [6.07, 6.45) is 4.44. The topological polar surface area (TPSA) is 49.8 Å². The van der Waals surface area contributed by atoms with Gasteiger partial charge in [-0.1, -0.05) is 19.3 Å². The van der Waals surface area contributed by atoms with Crippen molar-refractivity contribution in [1.82, 2.24) is 4.90 Å². The second kappa shape index (κ2) is 6.86. The minimum atomic E-state index is -0.914. The molecule has 1 aliphatic rings. The molecule has 4 nitrogen and oxygen atoms in total. The molecule has 0 unspecified atom stereocenters. The van der Waals surface area contributed by atoms with Crippen LogP contribution >= 0.6 is 0 Å².